The molecule has 2 aromatic carbocycles. The number of benzene rings is 2. The minimum Gasteiger partial charge on any atom is -0.481 e. The second-order valence-corrected chi connectivity index (χ2v) is 6.14. The molecule has 126 valence electrons. The van der Waals surface area contributed by atoms with Crippen LogP contribution in [0.25, 0.3) is 0 Å². The maximum Gasteiger partial charge on any atom is 0.265 e. The van der Waals surface area contributed by atoms with Crippen molar-refractivity contribution in [2.24, 2.45) is 0 Å². The molecule has 0 spiro atoms. The lowest BCUT2D eigenvalue weighted by Crippen LogP contribution is -2.30. The molecule has 0 heterocycles. The van der Waals surface area contributed by atoms with Gasteiger partial charge in [0.1, 0.15) is 5.75 Å². The summed E-state index contributed by atoms with van der Waals surface area (Å²) in [7, 11) is 0. The summed E-state index contributed by atoms with van der Waals surface area (Å²) in [6.45, 7) is 6.93. The number of nitrogens with one attached hydrogen (secondary N) is 1. The van der Waals surface area contributed by atoms with Gasteiger partial charge in [-0.3, -0.25) is 9.59 Å². The van der Waals surface area contributed by atoms with Crippen molar-refractivity contribution in [3.05, 3.63) is 58.1 Å². The smallest absolute Gasteiger partial charge is 0.265 e. The van der Waals surface area contributed by atoms with Gasteiger partial charge >= 0.3 is 0 Å². The molecule has 0 fully saturated rings. The third kappa shape index (κ3) is 4.36. The average molecular weight is 346 g/mol. The van der Waals surface area contributed by atoms with Crippen LogP contribution in [-0.2, 0) is 4.79 Å². The number of ether oxygens (including phenoxy) is 1. The molecule has 1 atom stereocenters. The van der Waals surface area contributed by atoms with Gasteiger partial charge in [-0.2, -0.15) is 0 Å². The molecule has 1 amide bonds. The summed E-state index contributed by atoms with van der Waals surface area (Å²) >= 11 is 6.13. The van der Waals surface area contributed by atoms with Gasteiger partial charge < -0.3 is 10.1 Å². The SMILES string of the molecule is CC(=O)c1cccc(NC(=O)[C@@H](C)Oc2cc(C)c(Cl)c(C)c2)c1. The lowest BCUT2D eigenvalue weighted by Gasteiger charge is -2.16. The summed E-state index contributed by atoms with van der Waals surface area (Å²) in [6.07, 6.45) is -0.689. The summed E-state index contributed by atoms with van der Waals surface area (Å²) in [5.41, 5.74) is 2.90. The first-order valence-electron chi connectivity index (χ1n) is 7.63. The normalized spacial score (nSPS) is 11.7. The maximum atomic E-state index is 12.3. The molecule has 0 unspecified atom stereocenters. The van der Waals surface area contributed by atoms with Crippen molar-refractivity contribution in [3.63, 3.8) is 0 Å². The molecule has 0 aliphatic heterocycles. The molecular formula is C19H20ClNO3. The van der Waals surface area contributed by atoms with Gasteiger partial charge in [-0.05, 0) is 63.1 Å². The Morgan fingerprint density at radius 2 is 1.75 bits per heavy atom. The predicted molar refractivity (Wildman–Crippen MR) is 96.1 cm³/mol. The lowest BCUT2D eigenvalue weighted by atomic mass is 10.1. The molecule has 0 saturated carbocycles. The lowest BCUT2D eigenvalue weighted by molar-refractivity contribution is -0.122. The highest BCUT2D eigenvalue weighted by molar-refractivity contribution is 6.32. The molecule has 2 rings (SSSR count). The van der Waals surface area contributed by atoms with Crippen LogP contribution < -0.4 is 10.1 Å². The van der Waals surface area contributed by atoms with Gasteiger partial charge in [0, 0.05) is 16.3 Å². The van der Waals surface area contributed by atoms with E-state index in [1.54, 1.807) is 43.3 Å². The van der Waals surface area contributed by atoms with Crippen LogP contribution in [-0.4, -0.2) is 17.8 Å². The molecule has 0 saturated heterocycles. The Bertz CT molecular complexity index is 763. The number of aryl methyl sites for hydroxylation is 2. The minimum absolute atomic E-state index is 0.0532. The Morgan fingerprint density at radius 3 is 2.33 bits per heavy atom. The highest BCUT2D eigenvalue weighted by Crippen LogP contribution is 2.26. The van der Waals surface area contributed by atoms with Crippen LogP contribution in [0.2, 0.25) is 5.02 Å². The summed E-state index contributed by atoms with van der Waals surface area (Å²) < 4.78 is 5.71. The third-order valence-corrected chi connectivity index (χ3v) is 4.22. The highest BCUT2D eigenvalue weighted by atomic mass is 35.5. The Labute approximate surface area is 146 Å². The number of rotatable bonds is 5. The van der Waals surface area contributed by atoms with E-state index in [9.17, 15) is 9.59 Å². The van der Waals surface area contributed by atoms with Crippen molar-refractivity contribution in [3.8, 4) is 5.75 Å². The Hall–Kier alpha value is -2.33. The molecule has 0 aliphatic rings. The molecule has 0 aliphatic carbocycles. The van der Waals surface area contributed by atoms with Gasteiger partial charge in [0.2, 0.25) is 0 Å². The first-order chi connectivity index (χ1) is 11.3. The van der Waals surface area contributed by atoms with Gasteiger partial charge in [0.25, 0.3) is 5.91 Å². The van der Waals surface area contributed by atoms with E-state index < -0.39 is 6.10 Å². The minimum atomic E-state index is -0.689. The van der Waals surface area contributed by atoms with E-state index in [1.807, 2.05) is 13.8 Å². The van der Waals surface area contributed by atoms with Crippen molar-refractivity contribution in [2.75, 3.05) is 5.32 Å². The van der Waals surface area contributed by atoms with Crippen LogP contribution in [0.3, 0.4) is 0 Å². The molecular weight excluding hydrogens is 326 g/mol. The maximum absolute atomic E-state index is 12.3. The van der Waals surface area contributed by atoms with Gasteiger partial charge in [0.15, 0.2) is 11.9 Å². The Kier molecular flexibility index (Phi) is 5.62. The van der Waals surface area contributed by atoms with Crippen LogP contribution in [0.15, 0.2) is 36.4 Å². The largest absolute Gasteiger partial charge is 0.481 e. The molecule has 4 nitrogen and oxygen atoms in total. The highest BCUT2D eigenvalue weighted by Gasteiger charge is 2.16. The van der Waals surface area contributed by atoms with E-state index in [1.165, 1.54) is 6.92 Å². The number of Topliss-reactive ketones (excluding diaryl/α,β-unsaturated/α-hetero) is 1. The zero-order valence-corrected chi connectivity index (χ0v) is 14.9. The van der Waals surface area contributed by atoms with Crippen LogP contribution in [0.4, 0.5) is 5.69 Å². The van der Waals surface area contributed by atoms with Crippen molar-refractivity contribution in [1.29, 1.82) is 0 Å². The number of amides is 1. The van der Waals surface area contributed by atoms with Crippen LogP contribution in [0.1, 0.15) is 35.3 Å². The van der Waals surface area contributed by atoms with Crippen LogP contribution in [0, 0.1) is 13.8 Å². The summed E-state index contributed by atoms with van der Waals surface area (Å²) in [4.78, 5) is 23.7. The topological polar surface area (TPSA) is 55.4 Å². The molecule has 24 heavy (non-hydrogen) atoms. The summed E-state index contributed by atoms with van der Waals surface area (Å²) in [5, 5.41) is 3.45. The fourth-order valence-electron chi connectivity index (χ4n) is 2.29. The fraction of sp³-hybridized carbons (Fsp3) is 0.263. The van der Waals surface area contributed by atoms with Gasteiger partial charge in [-0.1, -0.05) is 23.7 Å². The standard InChI is InChI=1S/C19H20ClNO3/c1-11-8-17(9-12(2)18(11)20)24-14(4)19(23)21-16-7-5-6-15(10-16)13(3)22/h5-10,14H,1-4H3,(H,21,23)/t14-/m1/s1. The van der Waals surface area contributed by atoms with E-state index in [4.69, 9.17) is 16.3 Å². The van der Waals surface area contributed by atoms with E-state index in [0.29, 0.717) is 22.0 Å². The van der Waals surface area contributed by atoms with Crippen LogP contribution in [0.5, 0.6) is 5.75 Å². The van der Waals surface area contributed by atoms with Gasteiger partial charge in [-0.15, -0.1) is 0 Å². The number of anilines is 1. The number of hydrogen-bond donors (Lipinski definition) is 1. The zero-order chi connectivity index (χ0) is 17.9. The van der Waals surface area contributed by atoms with E-state index in [0.717, 1.165) is 11.1 Å². The van der Waals surface area contributed by atoms with Crippen molar-refractivity contribution < 1.29 is 14.3 Å². The van der Waals surface area contributed by atoms with E-state index in [2.05, 4.69) is 5.32 Å². The first kappa shape index (κ1) is 18.0. The van der Waals surface area contributed by atoms with E-state index >= 15 is 0 Å². The van der Waals surface area contributed by atoms with E-state index in [-0.39, 0.29) is 11.7 Å². The first-order valence-corrected chi connectivity index (χ1v) is 8.01. The third-order valence-electron chi connectivity index (χ3n) is 3.63. The molecule has 0 bridgehead atoms. The average Bonchev–Trinajstić information content (AvgIpc) is 2.52. The van der Waals surface area contributed by atoms with Gasteiger partial charge in [-0.25, -0.2) is 0 Å². The Balaban J connectivity index is 2.07. The number of carbonyl (C=O) groups excluding carboxylic acids is 2. The zero-order valence-electron chi connectivity index (χ0n) is 14.1. The van der Waals surface area contributed by atoms with Gasteiger partial charge in [0.05, 0.1) is 0 Å². The molecule has 1 N–H and O–H groups in total. The second-order valence-electron chi connectivity index (χ2n) is 5.76. The quantitative estimate of drug-likeness (QED) is 0.808. The van der Waals surface area contributed by atoms with Crippen molar-refractivity contribution >= 4 is 29.0 Å². The van der Waals surface area contributed by atoms with Crippen molar-refractivity contribution in [2.45, 2.75) is 33.8 Å². The molecule has 2 aromatic rings. The van der Waals surface area contributed by atoms with Crippen molar-refractivity contribution in [1.82, 2.24) is 0 Å². The van der Waals surface area contributed by atoms with Crippen LogP contribution >= 0.6 is 11.6 Å². The Morgan fingerprint density at radius 1 is 1.12 bits per heavy atom. The number of hydrogen-bond acceptors (Lipinski definition) is 3. The molecule has 0 radical (unpaired) electrons. The number of halogens is 1. The summed E-state index contributed by atoms with van der Waals surface area (Å²) in [6, 6.07) is 10.4. The number of ketones is 1. The predicted octanol–water partition coefficient (Wildman–Crippen LogP) is 4.57. The molecule has 5 heteroatoms. The second kappa shape index (κ2) is 7.49. The number of carbonyl (C=O) groups is 2. The monoisotopic (exact) mass is 345 g/mol. The summed E-state index contributed by atoms with van der Waals surface area (Å²) in [5.74, 6) is 0.248. The molecule has 0 aromatic heterocycles. The fourth-order valence-corrected chi connectivity index (χ4v) is 2.40.